The van der Waals surface area contributed by atoms with Gasteiger partial charge in [0.2, 0.25) is 0 Å². The second-order valence-corrected chi connectivity index (χ2v) is 4.55. The number of nitrogen functional groups attached to an aromatic ring is 1. The number of phenolic OH excluding ortho intramolecular Hbond substituents is 1. The van der Waals surface area contributed by atoms with Gasteiger partial charge in [0, 0.05) is 18.8 Å². The first-order valence-corrected chi connectivity index (χ1v) is 6.11. The summed E-state index contributed by atoms with van der Waals surface area (Å²) < 4.78 is 5.40. The van der Waals surface area contributed by atoms with Crippen LogP contribution in [-0.2, 0) is 4.74 Å². The van der Waals surface area contributed by atoms with Crippen LogP contribution in [0.3, 0.4) is 0 Å². The lowest BCUT2D eigenvalue weighted by Gasteiger charge is -2.08. The van der Waals surface area contributed by atoms with Crippen LogP contribution in [0, 0.1) is 5.92 Å². The highest BCUT2D eigenvalue weighted by atomic mass is 16.5. The highest BCUT2D eigenvalue weighted by molar-refractivity contribution is 5.99. The number of phenols is 1. The van der Waals surface area contributed by atoms with Gasteiger partial charge in [-0.1, -0.05) is 0 Å². The van der Waals surface area contributed by atoms with Gasteiger partial charge in [-0.25, -0.2) is 0 Å². The molecule has 0 unspecified atom stereocenters. The maximum atomic E-state index is 11.8. The average molecular weight is 250 g/mol. The topological polar surface area (TPSA) is 84.6 Å². The molecule has 0 bridgehead atoms. The molecule has 1 fully saturated rings. The molecule has 2 rings (SSSR count). The van der Waals surface area contributed by atoms with Crippen molar-refractivity contribution in [3.8, 4) is 5.75 Å². The number of ether oxygens (including phenoxy) is 1. The minimum absolute atomic E-state index is 0.0272. The molecule has 0 aromatic heterocycles. The Bertz CT molecular complexity index is 430. The highest BCUT2D eigenvalue weighted by Gasteiger charge is 2.20. The van der Waals surface area contributed by atoms with E-state index in [4.69, 9.17) is 10.5 Å². The number of nitrogens with two attached hydrogens (primary N) is 1. The summed E-state index contributed by atoms with van der Waals surface area (Å²) >= 11 is 0. The second-order valence-electron chi connectivity index (χ2n) is 4.55. The van der Waals surface area contributed by atoms with Gasteiger partial charge in [-0.15, -0.1) is 0 Å². The van der Waals surface area contributed by atoms with E-state index in [9.17, 15) is 9.90 Å². The number of amides is 1. The average Bonchev–Trinajstić information content (AvgIpc) is 3.15. The van der Waals surface area contributed by atoms with Crippen molar-refractivity contribution in [3.05, 3.63) is 23.8 Å². The summed E-state index contributed by atoms with van der Waals surface area (Å²) in [6.45, 7) is 1.73. The first-order chi connectivity index (χ1) is 8.66. The molecule has 1 aliphatic carbocycles. The molecule has 18 heavy (non-hydrogen) atoms. The van der Waals surface area contributed by atoms with E-state index in [1.165, 1.54) is 31.0 Å². The van der Waals surface area contributed by atoms with Crippen molar-refractivity contribution < 1.29 is 14.6 Å². The number of hydrogen-bond donors (Lipinski definition) is 3. The van der Waals surface area contributed by atoms with Crippen LogP contribution < -0.4 is 11.1 Å². The van der Waals surface area contributed by atoms with Crippen LogP contribution >= 0.6 is 0 Å². The smallest absolute Gasteiger partial charge is 0.253 e. The van der Waals surface area contributed by atoms with E-state index in [1.54, 1.807) is 0 Å². The number of benzene rings is 1. The Morgan fingerprint density at radius 3 is 3.00 bits per heavy atom. The van der Waals surface area contributed by atoms with Crippen LogP contribution in [0.15, 0.2) is 18.2 Å². The molecule has 1 aromatic rings. The summed E-state index contributed by atoms with van der Waals surface area (Å²) in [5.74, 6) is 0.458. The zero-order chi connectivity index (χ0) is 13.0. The van der Waals surface area contributed by atoms with E-state index in [0.717, 1.165) is 12.5 Å². The number of carbonyl (C=O) groups is 1. The van der Waals surface area contributed by atoms with Crippen molar-refractivity contribution in [1.29, 1.82) is 0 Å². The highest BCUT2D eigenvalue weighted by Crippen LogP contribution is 2.28. The molecule has 0 saturated heterocycles. The predicted octanol–water partition coefficient (Wildman–Crippen LogP) is 1.13. The van der Waals surface area contributed by atoms with Crippen molar-refractivity contribution in [3.63, 3.8) is 0 Å². The molecule has 1 amide bonds. The van der Waals surface area contributed by atoms with Crippen molar-refractivity contribution in [2.75, 3.05) is 25.5 Å². The molecule has 0 radical (unpaired) electrons. The Hall–Kier alpha value is -1.75. The van der Waals surface area contributed by atoms with Gasteiger partial charge in [-0.05, 0) is 37.0 Å². The number of hydrogen-bond acceptors (Lipinski definition) is 4. The molecule has 1 saturated carbocycles. The quantitative estimate of drug-likeness (QED) is 0.401. The lowest BCUT2D eigenvalue weighted by molar-refractivity contribution is 0.0907. The third-order valence-corrected chi connectivity index (χ3v) is 2.86. The van der Waals surface area contributed by atoms with E-state index in [1.807, 2.05) is 0 Å². The lowest BCUT2D eigenvalue weighted by Crippen LogP contribution is -2.28. The normalized spacial score (nSPS) is 14.4. The third-order valence-electron chi connectivity index (χ3n) is 2.86. The lowest BCUT2D eigenvalue weighted by atomic mass is 10.1. The first-order valence-electron chi connectivity index (χ1n) is 6.11. The van der Waals surface area contributed by atoms with Gasteiger partial charge in [0.25, 0.3) is 5.91 Å². The molecule has 5 heteroatoms. The van der Waals surface area contributed by atoms with E-state index >= 15 is 0 Å². The van der Waals surface area contributed by atoms with Crippen LogP contribution in [0.2, 0.25) is 0 Å². The Morgan fingerprint density at radius 2 is 2.28 bits per heavy atom. The maximum Gasteiger partial charge on any atom is 0.253 e. The SMILES string of the molecule is Nc1ccc(O)cc1C(=O)NCCOCC1CC1. The molecule has 98 valence electrons. The Balaban J connectivity index is 1.74. The van der Waals surface area contributed by atoms with Crippen LogP contribution in [0.1, 0.15) is 23.2 Å². The zero-order valence-electron chi connectivity index (χ0n) is 10.2. The summed E-state index contributed by atoms with van der Waals surface area (Å²) in [6.07, 6.45) is 2.51. The standard InChI is InChI=1S/C13H18N2O3/c14-12-4-3-10(16)7-11(12)13(17)15-5-6-18-8-9-1-2-9/h3-4,7,9,16H,1-2,5-6,8,14H2,(H,15,17). The second kappa shape index (κ2) is 5.73. The summed E-state index contributed by atoms with van der Waals surface area (Å²) in [5.41, 5.74) is 6.31. The fraction of sp³-hybridized carbons (Fsp3) is 0.462. The summed E-state index contributed by atoms with van der Waals surface area (Å²) in [5, 5.41) is 12.0. The van der Waals surface area contributed by atoms with E-state index < -0.39 is 0 Å². The Kier molecular flexibility index (Phi) is 4.04. The minimum Gasteiger partial charge on any atom is -0.508 e. The van der Waals surface area contributed by atoms with Gasteiger partial charge < -0.3 is 20.9 Å². The van der Waals surface area contributed by atoms with Crippen LogP contribution in [0.5, 0.6) is 5.75 Å². The molecule has 0 aliphatic heterocycles. The van der Waals surface area contributed by atoms with Crippen molar-refractivity contribution in [2.24, 2.45) is 5.92 Å². The number of rotatable bonds is 6. The van der Waals surface area contributed by atoms with Gasteiger partial charge in [0.15, 0.2) is 0 Å². The molecule has 4 N–H and O–H groups in total. The van der Waals surface area contributed by atoms with Gasteiger partial charge in [-0.3, -0.25) is 4.79 Å². The fourth-order valence-electron chi connectivity index (χ4n) is 1.61. The fourth-order valence-corrected chi connectivity index (χ4v) is 1.61. The molecular formula is C13H18N2O3. The van der Waals surface area contributed by atoms with E-state index in [-0.39, 0.29) is 17.2 Å². The number of nitrogens with one attached hydrogen (secondary N) is 1. The van der Waals surface area contributed by atoms with E-state index in [2.05, 4.69) is 5.32 Å². The van der Waals surface area contributed by atoms with Gasteiger partial charge >= 0.3 is 0 Å². The van der Waals surface area contributed by atoms with Gasteiger partial charge in [0.05, 0.1) is 12.2 Å². The zero-order valence-corrected chi connectivity index (χ0v) is 10.2. The van der Waals surface area contributed by atoms with Crippen LogP contribution in [0.4, 0.5) is 5.69 Å². The number of carbonyl (C=O) groups excluding carboxylic acids is 1. The molecule has 0 atom stereocenters. The van der Waals surface area contributed by atoms with Crippen molar-refractivity contribution >= 4 is 11.6 Å². The molecular weight excluding hydrogens is 232 g/mol. The number of anilines is 1. The van der Waals surface area contributed by atoms with Crippen molar-refractivity contribution in [1.82, 2.24) is 5.32 Å². The number of aromatic hydroxyl groups is 1. The molecule has 0 heterocycles. The minimum atomic E-state index is -0.293. The van der Waals surface area contributed by atoms with Gasteiger partial charge in [0.1, 0.15) is 5.75 Å². The predicted molar refractivity (Wildman–Crippen MR) is 68.4 cm³/mol. The molecule has 1 aliphatic rings. The van der Waals surface area contributed by atoms with Gasteiger partial charge in [-0.2, -0.15) is 0 Å². The van der Waals surface area contributed by atoms with Crippen molar-refractivity contribution in [2.45, 2.75) is 12.8 Å². The third kappa shape index (κ3) is 3.63. The molecule has 1 aromatic carbocycles. The monoisotopic (exact) mass is 250 g/mol. The Morgan fingerprint density at radius 1 is 1.50 bits per heavy atom. The molecule has 5 nitrogen and oxygen atoms in total. The molecule has 0 spiro atoms. The van der Waals surface area contributed by atoms with Crippen LogP contribution in [0.25, 0.3) is 0 Å². The van der Waals surface area contributed by atoms with E-state index in [0.29, 0.717) is 18.8 Å². The largest absolute Gasteiger partial charge is 0.508 e. The van der Waals surface area contributed by atoms with Crippen LogP contribution in [-0.4, -0.2) is 30.8 Å². The summed E-state index contributed by atoms with van der Waals surface area (Å²) in [4.78, 5) is 11.8. The summed E-state index contributed by atoms with van der Waals surface area (Å²) in [7, 11) is 0. The maximum absolute atomic E-state index is 11.8. The first kappa shape index (κ1) is 12.7. The Labute approximate surface area is 106 Å². The summed E-state index contributed by atoms with van der Waals surface area (Å²) in [6, 6.07) is 4.31.